The first-order valence-electron chi connectivity index (χ1n) is 8.01. The maximum Gasteiger partial charge on any atom is 0.308 e. The molecule has 1 aromatic carbocycles. The van der Waals surface area contributed by atoms with Gasteiger partial charge in [-0.1, -0.05) is 24.3 Å². The molecule has 1 saturated carbocycles. The number of para-hydroxylation sites is 1. The van der Waals surface area contributed by atoms with Gasteiger partial charge in [-0.3, -0.25) is 9.59 Å². The molecule has 1 aromatic heterocycles. The van der Waals surface area contributed by atoms with E-state index in [9.17, 15) is 14.7 Å². The van der Waals surface area contributed by atoms with Gasteiger partial charge in [-0.25, -0.2) is 4.98 Å². The van der Waals surface area contributed by atoms with Gasteiger partial charge in [-0.2, -0.15) is 0 Å². The highest BCUT2D eigenvalue weighted by Crippen LogP contribution is 2.44. The van der Waals surface area contributed by atoms with Crippen molar-refractivity contribution in [1.29, 1.82) is 0 Å². The third kappa shape index (κ3) is 2.56. The lowest BCUT2D eigenvalue weighted by Crippen LogP contribution is -2.30. The van der Waals surface area contributed by atoms with Crippen molar-refractivity contribution in [2.45, 2.75) is 12.8 Å². The number of fused-ring (bicyclic) bond motifs is 1. The number of likely N-dealkylation sites (tertiary alicyclic amines) is 1. The number of amides is 1. The predicted molar refractivity (Wildman–Crippen MR) is 85.0 cm³/mol. The summed E-state index contributed by atoms with van der Waals surface area (Å²) < 4.78 is 0. The van der Waals surface area contributed by atoms with Crippen molar-refractivity contribution in [3.8, 4) is 0 Å². The Hall–Kier alpha value is -2.43. The fourth-order valence-electron chi connectivity index (χ4n) is 3.61. The topological polar surface area (TPSA) is 70.5 Å². The Balaban J connectivity index is 1.59. The molecule has 1 saturated heterocycles. The summed E-state index contributed by atoms with van der Waals surface area (Å²) in [6.45, 7) is 0.832. The summed E-state index contributed by atoms with van der Waals surface area (Å²) in [5.41, 5.74) is 1.18. The Labute approximate surface area is 133 Å². The molecule has 1 N–H and O–H groups in total. The van der Waals surface area contributed by atoms with Crippen LogP contribution < -0.4 is 0 Å². The molecule has 0 radical (unpaired) electrons. The monoisotopic (exact) mass is 310 g/mol. The summed E-state index contributed by atoms with van der Waals surface area (Å²) >= 11 is 0. The minimum Gasteiger partial charge on any atom is -0.481 e. The first kappa shape index (κ1) is 14.2. The number of aliphatic carboxylic acids is 1. The largest absolute Gasteiger partial charge is 0.481 e. The molecule has 1 aliphatic carbocycles. The number of benzene rings is 1. The van der Waals surface area contributed by atoms with E-state index < -0.39 is 11.9 Å². The van der Waals surface area contributed by atoms with Crippen LogP contribution in [0.25, 0.3) is 10.9 Å². The van der Waals surface area contributed by atoms with Gasteiger partial charge in [0.05, 0.1) is 11.4 Å². The van der Waals surface area contributed by atoms with Crippen molar-refractivity contribution in [1.82, 2.24) is 9.88 Å². The van der Waals surface area contributed by atoms with Crippen LogP contribution in [0.3, 0.4) is 0 Å². The number of rotatable bonds is 3. The van der Waals surface area contributed by atoms with Gasteiger partial charge in [0, 0.05) is 18.5 Å². The normalized spacial score (nSPS) is 24.1. The number of pyridine rings is 1. The van der Waals surface area contributed by atoms with E-state index in [2.05, 4.69) is 4.98 Å². The van der Waals surface area contributed by atoms with Gasteiger partial charge < -0.3 is 10.0 Å². The molecule has 118 valence electrons. The molecule has 0 bridgehead atoms. The second-order valence-electron chi connectivity index (χ2n) is 6.55. The lowest BCUT2D eigenvalue weighted by Gasteiger charge is -2.16. The van der Waals surface area contributed by atoms with Crippen molar-refractivity contribution >= 4 is 22.8 Å². The smallest absolute Gasteiger partial charge is 0.308 e. The number of hydrogen-bond donors (Lipinski definition) is 1. The number of carboxylic acids is 1. The molecule has 2 aliphatic rings. The Morgan fingerprint density at radius 1 is 1.09 bits per heavy atom. The van der Waals surface area contributed by atoms with Crippen molar-refractivity contribution in [2.24, 2.45) is 17.8 Å². The molecule has 2 aromatic rings. The molecule has 2 heterocycles. The van der Waals surface area contributed by atoms with Crippen molar-refractivity contribution < 1.29 is 14.7 Å². The Morgan fingerprint density at radius 3 is 2.61 bits per heavy atom. The van der Waals surface area contributed by atoms with Crippen LogP contribution in [-0.2, 0) is 4.79 Å². The molecule has 2 atom stereocenters. The molecule has 4 rings (SSSR count). The number of carboxylic acid groups (broad SMARTS) is 1. The van der Waals surface area contributed by atoms with Crippen molar-refractivity contribution in [2.75, 3.05) is 13.1 Å². The van der Waals surface area contributed by atoms with Crippen LogP contribution in [0.1, 0.15) is 23.3 Å². The van der Waals surface area contributed by atoms with Gasteiger partial charge in [-0.05, 0) is 36.8 Å². The number of aromatic nitrogens is 1. The zero-order chi connectivity index (χ0) is 16.0. The molecular weight excluding hydrogens is 292 g/mol. The van der Waals surface area contributed by atoms with Crippen LogP contribution >= 0.6 is 0 Å². The van der Waals surface area contributed by atoms with Gasteiger partial charge in [0.2, 0.25) is 0 Å². The summed E-state index contributed by atoms with van der Waals surface area (Å²) in [6, 6.07) is 11.3. The van der Waals surface area contributed by atoms with Gasteiger partial charge in [0.15, 0.2) is 0 Å². The first-order valence-corrected chi connectivity index (χ1v) is 8.01. The molecule has 2 fully saturated rings. The van der Waals surface area contributed by atoms with Crippen LogP contribution in [0.15, 0.2) is 36.4 Å². The van der Waals surface area contributed by atoms with Crippen LogP contribution in [0.5, 0.6) is 0 Å². The van der Waals surface area contributed by atoms with E-state index in [-0.39, 0.29) is 11.8 Å². The Morgan fingerprint density at radius 2 is 1.87 bits per heavy atom. The van der Waals surface area contributed by atoms with E-state index in [1.54, 1.807) is 11.0 Å². The molecular formula is C18H18N2O3. The SMILES string of the molecule is O=C(O)[C@H]1CN(C(=O)c2ccc3ccccc3n2)C[C@@H]1C1CC1. The lowest BCUT2D eigenvalue weighted by molar-refractivity contribution is -0.142. The van der Waals surface area contributed by atoms with Crippen LogP contribution in [-0.4, -0.2) is 40.0 Å². The van der Waals surface area contributed by atoms with Gasteiger partial charge in [0.25, 0.3) is 5.91 Å². The molecule has 0 spiro atoms. The van der Waals surface area contributed by atoms with E-state index in [1.165, 1.54) is 0 Å². The van der Waals surface area contributed by atoms with E-state index in [4.69, 9.17) is 0 Å². The molecule has 1 aliphatic heterocycles. The molecule has 1 amide bonds. The number of carbonyl (C=O) groups excluding carboxylic acids is 1. The summed E-state index contributed by atoms with van der Waals surface area (Å²) in [5.74, 6) is -0.823. The second kappa shape index (κ2) is 5.33. The van der Waals surface area contributed by atoms with E-state index >= 15 is 0 Å². The summed E-state index contributed by atoms with van der Waals surface area (Å²) in [6.07, 6.45) is 2.18. The van der Waals surface area contributed by atoms with Gasteiger partial charge in [0.1, 0.15) is 5.69 Å². The third-order valence-corrected chi connectivity index (χ3v) is 5.01. The average molecular weight is 310 g/mol. The summed E-state index contributed by atoms with van der Waals surface area (Å²) in [4.78, 5) is 30.3. The first-order chi connectivity index (χ1) is 11.1. The van der Waals surface area contributed by atoms with E-state index in [1.807, 2.05) is 30.3 Å². The number of hydrogen-bond acceptors (Lipinski definition) is 3. The van der Waals surface area contributed by atoms with Crippen molar-refractivity contribution in [3.63, 3.8) is 0 Å². The maximum absolute atomic E-state index is 12.7. The number of nitrogens with zero attached hydrogens (tertiary/aromatic N) is 2. The summed E-state index contributed by atoms with van der Waals surface area (Å²) in [7, 11) is 0. The van der Waals surface area contributed by atoms with Gasteiger partial charge >= 0.3 is 5.97 Å². The number of carbonyl (C=O) groups is 2. The predicted octanol–water partition coefficient (Wildman–Crippen LogP) is 2.42. The van der Waals surface area contributed by atoms with Crippen molar-refractivity contribution in [3.05, 3.63) is 42.1 Å². The fraction of sp³-hybridized carbons (Fsp3) is 0.389. The molecule has 5 nitrogen and oxygen atoms in total. The minimum absolute atomic E-state index is 0.0944. The second-order valence-corrected chi connectivity index (χ2v) is 6.55. The average Bonchev–Trinajstić information content (AvgIpc) is 3.31. The molecule has 0 unspecified atom stereocenters. The minimum atomic E-state index is -0.788. The van der Waals surface area contributed by atoms with Crippen LogP contribution in [0.4, 0.5) is 0 Å². The maximum atomic E-state index is 12.7. The van der Waals surface area contributed by atoms with Crippen LogP contribution in [0, 0.1) is 17.8 Å². The quantitative estimate of drug-likeness (QED) is 0.945. The standard InChI is InChI=1S/C18H18N2O3/c21-17(16-8-7-12-3-1-2-4-15(12)19-16)20-9-13(11-5-6-11)14(10-20)18(22)23/h1-4,7-8,11,13-14H,5-6,9-10H2,(H,22,23)/t13-,14+/m1/s1. The fourth-order valence-corrected chi connectivity index (χ4v) is 3.61. The highest BCUT2D eigenvalue weighted by Gasteiger charge is 2.47. The zero-order valence-corrected chi connectivity index (χ0v) is 12.7. The third-order valence-electron chi connectivity index (χ3n) is 5.01. The van der Waals surface area contributed by atoms with E-state index in [0.717, 1.165) is 23.7 Å². The Kier molecular flexibility index (Phi) is 3.29. The highest BCUT2D eigenvalue weighted by molar-refractivity contribution is 5.95. The lowest BCUT2D eigenvalue weighted by atomic mass is 9.92. The van der Waals surface area contributed by atoms with Gasteiger partial charge in [-0.15, -0.1) is 0 Å². The van der Waals surface area contributed by atoms with Crippen LogP contribution in [0.2, 0.25) is 0 Å². The van der Waals surface area contributed by atoms with E-state index in [0.29, 0.717) is 24.7 Å². The molecule has 23 heavy (non-hydrogen) atoms. The highest BCUT2D eigenvalue weighted by atomic mass is 16.4. The summed E-state index contributed by atoms with van der Waals surface area (Å²) in [5, 5.41) is 10.4. The molecule has 5 heteroatoms. The zero-order valence-electron chi connectivity index (χ0n) is 12.7. The Bertz CT molecular complexity index is 785.